The van der Waals surface area contributed by atoms with Crippen LogP contribution in [0.2, 0.25) is 5.02 Å². The standard InChI is InChI=1S/C14H9ClN2OS/c15-11-5-2-1-4-10(11)7-8-13-16-14(17-18-13)12-6-3-9-19-12/h1-9H/b8-7+. The van der Waals surface area contributed by atoms with Gasteiger partial charge in [0.25, 0.3) is 5.89 Å². The summed E-state index contributed by atoms with van der Waals surface area (Å²) in [5.41, 5.74) is 0.917. The Kier molecular flexibility index (Phi) is 3.44. The summed E-state index contributed by atoms with van der Waals surface area (Å²) < 4.78 is 5.17. The summed E-state index contributed by atoms with van der Waals surface area (Å²) in [7, 11) is 0. The minimum Gasteiger partial charge on any atom is -0.334 e. The van der Waals surface area contributed by atoms with Gasteiger partial charge in [0.15, 0.2) is 0 Å². The van der Waals surface area contributed by atoms with Gasteiger partial charge in [0.1, 0.15) is 0 Å². The summed E-state index contributed by atoms with van der Waals surface area (Å²) in [6.45, 7) is 0. The Balaban J connectivity index is 1.83. The Labute approximate surface area is 119 Å². The average molecular weight is 289 g/mol. The molecule has 0 saturated heterocycles. The van der Waals surface area contributed by atoms with Crippen molar-refractivity contribution in [1.82, 2.24) is 10.1 Å². The minimum atomic E-state index is 0.461. The largest absolute Gasteiger partial charge is 0.334 e. The van der Waals surface area contributed by atoms with Gasteiger partial charge in [-0.2, -0.15) is 4.98 Å². The number of thiophene rings is 1. The molecule has 0 aliphatic carbocycles. The van der Waals surface area contributed by atoms with Gasteiger partial charge in [-0.05, 0) is 29.2 Å². The van der Waals surface area contributed by atoms with Crippen molar-refractivity contribution in [2.75, 3.05) is 0 Å². The normalized spacial score (nSPS) is 11.2. The van der Waals surface area contributed by atoms with E-state index in [4.69, 9.17) is 16.1 Å². The summed E-state index contributed by atoms with van der Waals surface area (Å²) in [6.07, 6.45) is 3.61. The number of halogens is 1. The zero-order valence-corrected chi connectivity index (χ0v) is 11.4. The molecule has 0 fully saturated rings. The Morgan fingerprint density at radius 2 is 2.00 bits per heavy atom. The molecule has 0 bridgehead atoms. The zero-order chi connectivity index (χ0) is 13.1. The highest BCUT2D eigenvalue weighted by Crippen LogP contribution is 2.22. The minimum absolute atomic E-state index is 0.461. The van der Waals surface area contributed by atoms with Gasteiger partial charge < -0.3 is 4.52 Å². The van der Waals surface area contributed by atoms with Crippen molar-refractivity contribution in [1.29, 1.82) is 0 Å². The number of rotatable bonds is 3. The molecule has 0 saturated carbocycles. The van der Waals surface area contributed by atoms with Gasteiger partial charge in [-0.25, -0.2) is 0 Å². The second kappa shape index (κ2) is 5.38. The van der Waals surface area contributed by atoms with Crippen molar-refractivity contribution in [2.45, 2.75) is 0 Å². The van der Waals surface area contributed by atoms with E-state index in [0.29, 0.717) is 16.7 Å². The van der Waals surface area contributed by atoms with Gasteiger partial charge in [0.05, 0.1) is 4.88 Å². The molecule has 0 aliphatic heterocycles. The Morgan fingerprint density at radius 1 is 1.11 bits per heavy atom. The molecule has 3 nitrogen and oxygen atoms in total. The number of nitrogens with zero attached hydrogens (tertiary/aromatic N) is 2. The zero-order valence-electron chi connectivity index (χ0n) is 9.79. The lowest BCUT2D eigenvalue weighted by atomic mass is 10.2. The third-order valence-electron chi connectivity index (χ3n) is 2.49. The molecular formula is C14H9ClN2OS. The SMILES string of the molecule is Clc1ccccc1/C=C/c1nc(-c2cccs2)no1. The molecule has 19 heavy (non-hydrogen) atoms. The van der Waals surface area contributed by atoms with E-state index >= 15 is 0 Å². The van der Waals surface area contributed by atoms with Gasteiger partial charge in [-0.1, -0.05) is 41.0 Å². The van der Waals surface area contributed by atoms with E-state index in [1.54, 1.807) is 17.4 Å². The smallest absolute Gasteiger partial charge is 0.250 e. The van der Waals surface area contributed by atoms with Gasteiger partial charge in [0, 0.05) is 11.1 Å². The first-order valence-corrected chi connectivity index (χ1v) is 6.89. The van der Waals surface area contributed by atoms with E-state index in [0.717, 1.165) is 10.4 Å². The number of hydrogen-bond acceptors (Lipinski definition) is 4. The van der Waals surface area contributed by atoms with E-state index in [2.05, 4.69) is 10.1 Å². The average Bonchev–Trinajstić information content (AvgIpc) is 3.09. The lowest BCUT2D eigenvalue weighted by Crippen LogP contribution is -1.76. The van der Waals surface area contributed by atoms with Gasteiger partial charge in [-0.15, -0.1) is 11.3 Å². The third-order valence-corrected chi connectivity index (χ3v) is 3.70. The van der Waals surface area contributed by atoms with E-state index in [9.17, 15) is 0 Å². The molecule has 94 valence electrons. The number of benzene rings is 1. The molecule has 0 amide bonds. The maximum atomic E-state index is 6.06. The van der Waals surface area contributed by atoms with Crippen LogP contribution in [0.5, 0.6) is 0 Å². The van der Waals surface area contributed by atoms with Crippen LogP contribution in [0, 0.1) is 0 Å². The third kappa shape index (κ3) is 2.75. The van der Waals surface area contributed by atoms with Crippen molar-refractivity contribution in [3.05, 3.63) is 58.3 Å². The first-order chi connectivity index (χ1) is 9.33. The van der Waals surface area contributed by atoms with Gasteiger partial charge in [-0.3, -0.25) is 0 Å². The summed E-state index contributed by atoms with van der Waals surface area (Å²) in [6, 6.07) is 11.5. The van der Waals surface area contributed by atoms with E-state index in [1.807, 2.05) is 47.9 Å². The Bertz CT molecular complexity index is 704. The molecule has 0 unspecified atom stereocenters. The predicted octanol–water partition coefficient (Wildman–Crippen LogP) is 4.62. The fourth-order valence-corrected chi connectivity index (χ4v) is 2.43. The second-order valence-corrected chi connectivity index (χ2v) is 5.14. The van der Waals surface area contributed by atoms with Crippen LogP contribution < -0.4 is 0 Å². The summed E-state index contributed by atoms with van der Waals surface area (Å²) >= 11 is 7.64. The molecule has 3 rings (SSSR count). The molecule has 0 radical (unpaired) electrons. The van der Waals surface area contributed by atoms with Crippen LogP contribution in [-0.4, -0.2) is 10.1 Å². The van der Waals surface area contributed by atoms with Crippen LogP contribution in [-0.2, 0) is 0 Å². The van der Waals surface area contributed by atoms with E-state index in [1.165, 1.54) is 0 Å². The van der Waals surface area contributed by atoms with Crippen LogP contribution in [0.25, 0.3) is 22.9 Å². The van der Waals surface area contributed by atoms with Gasteiger partial charge >= 0.3 is 0 Å². The first kappa shape index (κ1) is 12.1. The summed E-state index contributed by atoms with van der Waals surface area (Å²) in [5, 5.41) is 6.60. The molecule has 2 aromatic heterocycles. The van der Waals surface area contributed by atoms with Crippen LogP contribution in [0.1, 0.15) is 11.5 Å². The molecule has 2 heterocycles. The second-order valence-electron chi connectivity index (χ2n) is 3.79. The maximum absolute atomic E-state index is 6.06. The van der Waals surface area contributed by atoms with Crippen molar-refractivity contribution in [3.63, 3.8) is 0 Å². The van der Waals surface area contributed by atoms with E-state index < -0.39 is 0 Å². The van der Waals surface area contributed by atoms with Crippen LogP contribution in [0.4, 0.5) is 0 Å². The number of aromatic nitrogens is 2. The fourth-order valence-electron chi connectivity index (χ4n) is 1.58. The highest BCUT2D eigenvalue weighted by molar-refractivity contribution is 7.13. The Hall–Kier alpha value is -1.91. The molecule has 0 aliphatic rings. The lowest BCUT2D eigenvalue weighted by molar-refractivity contribution is 0.411. The van der Waals surface area contributed by atoms with Crippen molar-refractivity contribution in [2.24, 2.45) is 0 Å². The van der Waals surface area contributed by atoms with Crippen LogP contribution in [0.15, 0.2) is 46.3 Å². The lowest BCUT2D eigenvalue weighted by Gasteiger charge is -1.94. The molecular weight excluding hydrogens is 280 g/mol. The quantitative estimate of drug-likeness (QED) is 0.706. The molecule has 0 spiro atoms. The summed E-state index contributed by atoms with van der Waals surface area (Å²) in [4.78, 5) is 5.29. The molecule has 0 N–H and O–H groups in total. The Morgan fingerprint density at radius 3 is 2.79 bits per heavy atom. The van der Waals surface area contributed by atoms with E-state index in [-0.39, 0.29) is 0 Å². The highest BCUT2D eigenvalue weighted by Gasteiger charge is 2.06. The molecule has 1 aromatic carbocycles. The first-order valence-electron chi connectivity index (χ1n) is 5.63. The van der Waals surface area contributed by atoms with Crippen LogP contribution in [0.3, 0.4) is 0 Å². The topological polar surface area (TPSA) is 38.9 Å². The fraction of sp³-hybridized carbons (Fsp3) is 0. The molecule has 3 aromatic rings. The van der Waals surface area contributed by atoms with Crippen molar-refractivity contribution in [3.8, 4) is 10.7 Å². The van der Waals surface area contributed by atoms with Gasteiger partial charge in [0.2, 0.25) is 5.82 Å². The molecule has 0 atom stereocenters. The highest BCUT2D eigenvalue weighted by atomic mass is 35.5. The monoisotopic (exact) mass is 288 g/mol. The predicted molar refractivity (Wildman–Crippen MR) is 78.0 cm³/mol. The summed E-state index contributed by atoms with van der Waals surface area (Å²) in [5.74, 6) is 1.07. The molecule has 5 heteroatoms. The van der Waals surface area contributed by atoms with Crippen molar-refractivity contribution < 1.29 is 4.52 Å². The van der Waals surface area contributed by atoms with Crippen LogP contribution >= 0.6 is 22.9 Å². The van der Waals surface area contributed by atoms with Crippen molar-refractivity contribution >= 4 is 35.1 Å². The maximum Gasteiger partial charge on any atom is 0.250 e. The number of hydrogen-bond donors (Lipinski definition) is 0.